The fraction of sp³-hybridized carbons (Fsp3) is 0.333. The molecule has 1 aliphatic rings. The second-order valence-electron chi connectivity index (χ2n) is 2.22. The molecule has 1 heterocycles. The van der Waals surface area contributed by atoms with Gasteiger partial charge in [0.15, 0.2) is 0 Å². The first-order chi connectivity index (χ1) is 6.84. The van der Waals surface area contributed by atoms with Crippen LogP contribution in [-0.2, 0) is 14.4 Å². The van der Waals surface area contributed by atoms with Gasteiger partial charge in [0.2, 0.25) is 0 Å². The lowest BCUT2D eigenvalue weighted by molar-refractivity contribution is -0.175. The maximum atomic E-state index is 10.6. The standard InChI is InChI=1S/C5H5NO5.CH2O3/c7-3-1-2-4(8)6(3)11-5(9)10;2-1(3)4/h1-2H2,(H,9,10);(H2,2,3,4). The maximum Gasteiger partial charge on any atom is 0.531 e. The second-order valence-corrected chi connectivity index (χ2v) is 2.22. The number of carboxylic acid groups (broad SMARTS) is 3. The van der Waals surface area contributed by atoms with Crippen molar-refractivity contribution in [3.05, 3.63) is 0 Å². The van der Waals surface area contributed by atoms with Crippen molar-refractivity contribution in [3.8, 4) is 0 Å². The number of hydrogen-bond donors (Lipinski definition) is 3. The summed E-state index contributed by atoms with van der Waals surface area (Å²) in [6.45, 7) is 0. The highest BCUT2D eigenvalue weighted by Crippen LogP contribution is 2.11. The molecule has 0 aliphatic carbocycles. The Kier molecular flexibility index (Phi) is 4.58. The van der Waals surface area contributed by atoms with Crippen molar-refractivity contribution in [1.29, 1.82) is 0 Å². The number of rotatable bonds is 1. The fourth-order valence-corrected chi connectivity index (χ4v) is 0.736. The molecule has 0 saturated carbocycles. The molecule has 9 heteroatoms. The predicted molar refractivity (Wildman–Crippen MR) is 40.9 cm³/mol. The highest BCUT2D eigenvalue weighted by atomic mass is 16.8. The molecule has 0 aromatic carbocycles. The maximum absolute atomic E-state index is 10.6. The van der Waals surface area contributed by atoms with Crippen LogP contribution in [0, 0.1) is 0 Å². The molecule has 0 spiro atoms. The summed E-state index contributed by atoms with van der Waals surface area (Å²) in [5.74, 6) is -1.23. The Labute approximate surface area is 82.4 Å². The molecule has 0 bridgehead atoms. The number of amides is 2. The Bertz CT molecular complexity index is 278. The van der Waals surface area contributed by atoms with E-state index in [2.05, 4.69) is 4.84 Å². The van der Waals surface area contributed by atoms with Crippen molar-refractivity contribution in [2.75, 3.05) is 0 Å². The van der Waals surface area contributed by atoms with Crippen LogP contribution in [0.15, 0.2) is 0 Å². The van der Waals surface area contributed by atoms with Crippen LogP contribution < -0.4 is 0 Å². The number of imide groups is 1. The van der Waals surface area contributed by atoms with E-state index in [9.17, 15) is 14.4 Å². The summed E-state index contributed by atoms with van der Waals surface area (Å²) in [7, 11) is 0. The number of nitrogens with zero attached hydrogens (tertiary/aromatic N) is 1. The van der Waals surface area contributed by atoms with Gasteiger partial charge in [0, 0.05) is 12.8 Å². The van der Waals surface area contributed by atoms with Crippen LogP contribution in [0.5, 0.6) is 0 Å². The molecular weight excluding hydrogens is 214 g/mol. The van der Waals surface area contributed by atoms with Gasteiger partial charge in [-0.05, 0) is 0 Å². The normalized spacial score (nSPS) is 14.3. The quantitative estimate of drug-likeness (QED) is 0.524. The van der Waals surface area contributed by atoms with E-state index in [1.54, 1.807) is 0 Å². The van der Waals surface area contributed by atoms with Gasteiger partial charge in [-0.2, -0.15) is 0 Å². The van der Waals surface area contributed by atoms with E-state index in [-0.39, 0.29) is 17.9 Å². The van der Waals surface area contributed by atoms with Gasteiger partial charge >= 0.3 is 12.3 Å². The summed E-state index contributed by atoms with van der Waals surface area (Å²) < 4.78 is 0. The second kappa shape index (κ2) is 5.42. The summed E-state index contributed by atoms with van der Waals surface area (Å²) in [6, 6.07) is 0. The van der Waals surface area contributed by atoms with Crippen LogP contribution in [-0.4, -0.2) is 44.5 Å². The Morgan fingerprint density at radius 2 is 1.40 bits per heavy atom. The Morgan fingerprint density at radius 3 is 1.67 bits per heavy atom. The smallest absolute Gasteiger partial charge is 0.450 e. The summed E-state index contributed by atoms with van der Waals surface area (Å²) in [5, 5.41) is 22.3. The lowest BCUT2D eigenvalue weighted by Gasteiger charge is -2.08. The minimum atomic E-state index is -1.83. The van der Waals surface area contributed by atoms with E-state index in [1.165, 1.54) is 0 Å². The Morgan fingerprint density at radius 1 is 1.07 bits per heavy atom. The first kappa shape index (κ1) is 12.7. The van der Waals surface area contributed by atoms with Crippen molar-refractivity contribution in [3.63, 3.8) is 0 Å². The zero-order valence-corrected chi connectivity index (χ0v) is 7.24. The van der Waals surface area contributed by atoms with Gasteiger partial charge in [0.25, 0.3) is 11.8 Å². The Hall–Kier alpha value is -2.32. The molecule has 84 valence electrons. The first-order valence-electron chi connectivity index (χ1n) is 3.53. The van der Waals surface area contributed by atoms with Gasteiger partial charge in [-0.15, -0.1) is 0 Å². The molecule has 15 heavy (non-hydrogen) atoms. The van der Waals surface area contributed by atoms with Crippen molar-refractivity contribution in [2.24, 2.45) is 0 Å². The third kappa shape index (κ3) is 5.08. The molecule has 1 aliphatic heterocycles. The average Bonchev–Trinajstić information content (AvgIpc) is 2.34. The number of carbonyl (C=O) groups excluding carboxylic acids is 2. The summed E-state index contributed by atoms with van der Waals surface area (Å²) in [5.41, 5.74) is 0. The Balaban J connectivity index is 0.000000423. The molecule has 0 radical (unpaired) electrons. The zero-order valence-electron chi connectivity index (χ0n) is 7.24. The van der Waals surface area contributed by atoms with Gasteiger partial charge in [-0.3, -0.25) is 14.4 Å². The monoisotopic (exact) mass is 221 g/mol. The summed E-state index contributed by atoms with van der Waals surface area (Å²) in [6.07, 6.45) is -3.45. The molecule has 9 nitrogen and oxygen atoms in total. The van der Waals surface area contributed by atoms with Crippen molar-refractivity contribution >= 4 is 24.1 Å². The SMILES string of the molecule is O=C(O)O.O=C(O)ON1C(=O)CCC1=O. The van der Waals surface area contributed by atoms with Gasteiger partial charge in [0.1, 0.15) is 0 Å². The molecule has 0 aromatic rings. The van der Waals surface area contributed by atoms with Gasteiger partial charge in [-0.25, -0.2) is 9.59 Å². The lowest BCUT2D eigenvalue weighted by atomic mass is 10.4. The topological polar surface area (TPSA) is 141 Å². The predicted octanol–water partition coefficient (Wildman–Crippen LogP) is -0.0326. The fourth-order valence-electron chi connectivity index (χ4n) is 0.736. The van der Waals surface area contributed by atoms with E-state index < -0.39 is 24.1 Å². The first-order valence-corrected chi connectivity index (χ1v) is 3.53. The molecule has 0 aromatic heterocycles. The molecule has 1 rings (SSSR count). The molecule has 2 amide bonds. The molecule has 1 fully saturated rings. The minimum Gasteiger partial charge on any atom is -0.450 e. The van der Waals surface area contributed by atoms with Crippen LogP contribution in [0.2, 0.25) is 0 Å². The number of hydrogen-bond acceptors (Lipinski definition) is 5. The largest absolute Gasteiger partial charge is 0.531 e. The van der Waals surface area contributed by atoms with Crippen LogP contribution in [0.25, 0.3) is 0 Å². The van der Waals surface area contributed by atoms with Crippen molar-refractivity contribution in [2.45, 2.75) is 12.8 Å². The van der Waals surface area contributed by atoms with Gasteiger partial charge < -0.3 is 15.3 Å². The van der Waals surface area contributed by atoms with Crippen LogP contribution >= 0.6 is 0 Å². The van der Waals surface area contributed by atoms with Crippen LogP contribution in [0.1, 0.15) is 12.8 Å². The average molecular weight is 221 g/mol. The molecule has 0 unspecified atom stereocenters. The van der Waals surface area contributed by atoms with E-state index in [1.807, 2.05) is 0 Å². The molecule has 1 saturated heterocycles. The number of carbonyl (C=O) groups is 4. The highest BCUT2D eigenvalue weighted by molar-refractivity contribution is 6.01. The van der Waals surface area contributed by atoms with Gasteiger partial charge in [-0.1, -0.05) is 5.06 Å². The van der Waals surface area contributed by atoms with E-state index in [0.29, 0.717) is 0 Å². The summed E-state index contributed by atoms with van der Waals surface area (Å²) >= 11 is 0. The van der Waals surface area contributed by atoms with Crippen LogP contribution in [0.4, 0.5) is 9.59 Å². The third-order valence-electron chi connectivity index (χ3n) is 1.18. The van der Waals surface area contributed by atoms with Crippen LogP contribution in [0.3, 0.4) is 0 Å². The molecule has 3 N–H and O–H groups in total. The van der Waals surface area contributed by atoms with E-state index in [0.717, 1.165) is 0 Å². The van der Waals surface area contributed by atoms with E-state index >= 15 is 0 Å². The van der Waals surface area contributed by atoms with Gasteiger partial charge in [0.05, 0.1) is 0 Å². The zero-order chi connectivity index (χ0) is 12.0. The lowest BCUT2D eigenvalue weighted by Crippen LogP contribution is -2.31. The summed E-state index contributed by atoms with van der Waals surface area (Å²) in [4.78, 5) is 43.6. The molecule has 0 atom stereocenters. The number of hydroxylamine groups is 2. The van der Waals surface area contributed by atoms with Crippen molar-refractivity contribution in [1.82, 2.24) is 5.06 Å². The van der Waals surface area contributed by atoms with Crippen molar-refractivity contribution < 1.29 is 39.3 Å². The third-order valence-corrected chi connectivity index (χ3v) is 1.18. The molecular formula is C6H7NO8. The highest BCUT2D eigenvalue weighted by Gasteiger charge is 2.32. The van der Waals surface area contributed by atoms with E-state index in [4.69, 9.17) is 20.1 Å². The minimum absolute atomic E-state index is 0.0200.